The van der Waals surface area contributed by atoms with E-state index in [9.17, 15) is 24.5 Å². The van der Waals surface area contributed by atoms with E-state index in [-0.39, 0.29) is 22.7 Å². The Kier molecular flexibility index (Phi) is 5.48. The van der Waals surface area contributed by atoms with Crippen LogP contribution in [0.5, 0.6) is 5.75 Å². The van der Waals surface area contributed by atoms with Crippen molar-refractivity contribution in [1.29, 1.82) is 0 Å². The predicted molar refractivity (Wildman–Crippen MR) is 91.6 cm³/mol. The van der Waals surface area contributed by atoms with E-state index in [4.69, 9.17) is 10.5 Å². The van der Waals surface area contributed by atoms with Crippen molar-refractivity contribution < 1.29 is 24.0 Å². The van der Waals surface area contributed by atoms with E-state index >= 15 is 0 Å². The summed E-state index contributed by atoms with van der Waals surface area (Å²) in [6.45, 7) is 0. The lowest BCUT2D eigenvalue weighted by atomic mass is 10.2. The summed E-state index contributed by atoms with van der Waals surface area (Å²) in [6, 6.07) is 9.19. The van der Waals surface area contributed by atoms with Gasteiger partial charge in [-0.2, -0.15) is 0 Å². The van der Waals surface area contributed by atoms with Crippen LogP contribution in [0.15, 0.2) is 42.5 Å². The van der Waals surface area contributed by atoms with Crippen molar-refractivity contribution in [1.82, 2.24) is 5.32 Å². The van der Waals surface area contributed by atoms with Gasteiger partial charge in [-0.25, -0.2) is 0 Å². The summed E-state index contributed by atoms with van der Waals surface area (Å²) in [5, 5.41) is 14.9. The summed E-state index contributed by atoms with van der Waals surface area (Å²) < 4.78 is 4.97. The van der Waals surface area contributed by atoms with Gasteiger partial charge in [0.15, 0.2) is 0 Å². The lowest BCUT2D eigenvalue weighted by Gasteiger charge is -2.10. The number of non-ortho nitro benzene ring substituents is 1. The Balaban J connectivity index is 2.10. The number of anilines is 2. The normalized spacial score (nSPS) is 9.88. The second-order valence-electron chi connectivity index (χ2n) is 5.00. The van der Waals surface area contributed by atoms with Gasteiger partial charge in [0, 0.05) is 23.4 Å². The molecule has 3 amide bonds. The summed E-state index contributed by atoms with van der Waals surface area (Å²) in [5.41, 5.74) is 5.68. The Morgan fingerprint density at radius 2 is 1.73 bits per heavy atom. The van der Waals surface area contributed by atoms with E-state index in [1.165, 1.54) is 43.5 Å². The molecule has 0 aliphatic rings. The molecule has 0 fully saturated rings. The highest BCUT2D eigenvalue weighted by molar-refractivity contribution is 6.42. The van der Waals surface area contributed by atoms with Crippen LogP contribution in [0.1, 0.15) is 10.4 Å². The maximum Gasteiger partial charge on any atom is 0.316 e. The Morgan fingerprint density at radius 1 is 1.08 bits per heavy atom. The molecule has 2 aromatic rings. The summed E-state index contributed by atoms with van der Waals surface area (Å²) in [4.78, 5) is 45.9. The molecule has 10 heteroatoms. The van der Waals surface area contributed by atoms with Crippen molar-refractivity contribution in [3.63, 3.8) is 0 Å². The first-order chi connectivity index (χ1) is 12.3. The quantitative estimate of drug-likeness (QED) is 0.320. The zero-order valence-corrected chi connectivity index (χ0v) is 13.5. The number of carbonyl (C=O) groups excluding carboxylic acids is 3. The van der Waals surface area contributed by atoms with Crippen LogP contribution in [0.4, 0.5) is 17.1 Å². The number of carbonyl (C=O) groups is 3. The molecule has 0 saturated carbocycles. The van der Waals surface area contributed by atoms with Crippen LogP contribution in [0, 0.1) is 10.1 Å². The number of ether oxygens (including phenoxy) is 1. The maximum atomic E-state index is 12.0. The van der Waals surface area contributed by atoms with Crippen LogP contribution in [0.3, 0.4) is 0 Å². The van der Waals surface area contributed by atoms with Crippen LogP contribution in [0.25, 0.3) is 0 Å². The Hall–Kier alpha value is -3.95. The molecule has 26 heavy (non-hydrogen) atoms. The molecule has 0 aromatic heterocycles. The largest absolute Gasteiger partial charge is 0.495 e. The summed E-state index contributed by atoms with van der Waals surface area (Å²) in [5.74, 6) is -3.11. The molecular weight excluding hydrogens is 344 g/mol. The predicted octanol–water partition coefficient (Wildman–Crippen LogP) is 1.08. The second kappa shape index (κ2) is 7.75. The fraction of sp³-hybridized carbons (Fsp3) is 0.0625. The fourth-order valence-electron chi connectivity index (χ4n) is 1.95. The SMILES string of the molecule is COc1ccc([N+](=O)[O-])cc1NC(=O)C(=O)NC(=O)c1ccc(N)cc1. The van der Waals surface area contributed by atoms with Gasteiger partial charge in [0.1, 0.15) is 5.75 Å². The van der Waals surface area contributed by atoms with Crippen molar-refractivity contribution >= 4 is 34.8 Å². The van der Waals surface area contributed by atoms with Crippen LogP contribution < -0.4 is 21.1 Å². The minimum absolute atomic E-state index is 0.0817. The Labute approximate surface area is 147 Å². The van der Waals surface area contributed by atoms with Crippen molar-refractivity contribution in [2.24, 2.45) is 0 Å². The number of hydrogen-bond acceptors (Lipinski definition) is 7. The lowest BCUT2D eigenvalue weighted by molar-refractivity contribution is -0.384. The molecule has 0 heterocycles. The molecular formula is C16H14N4O6. The van der Waals surface area contributed by atoms with E-state index in [1.54, 1.807) is 0 Å². The summed E-state index contributed by atoms with van der Waals surface area (Å²) in [7, 11) is 1.29. The zero-order chi connectivity index (χ0) is 19.3. The van der Waals surface area contributed by atoms with Gasteiger partial charge < -0.3 is 15.8 Å². The summed E-state index contributed by atoms with van der Waals surface area (Å²) >= 11 is 0. The number of amides is 3. The molecule has 4 N–H and O–H groups in total. The molecule has 0 atom stereocenters. The van der Waals surface area contributed by atoms with Gasteiger partial charge in [0.05, 0.1) is 17.7 Å². The number of nitrogens with two attached hydrogens (primary N) is 1. The molecule has 134 valence electrons. The first-order valence-corrected chi connectivity index (χ1v) is 7.16. The van der Waals surface area contributed by atoms with Crippen molar-refractivity contribution in [3.8, 4) is 5.75 Å². The second-order valence-corrected chi connectivity index (χ2v) is 5.00. The molecule has 2 aromatic carbocycles. The number of nitrogens with zero attached hydrogens (tertiary/aromatic N) is 1. The van der Waals surface area contributed by atoms with Crippen molar-refractivity contribution in [2.45, 2.75) is 0 Å². The highest BCUT2D eigenvalue weighted by atomic mass is 16.6. The van der Waals surface area contributed by atoms with Gasteiger partial charge in [0.25, 0.3) is 11.6 Å². The first kappa shape index (κ1) is 18.4. The number of imide groups is 1. The molecule has 2 rings (SSSR count). The smallest absolute Gasteiger partial charge is 0.316 e. The zero-order valence-electron chi connectivity index (χ0n) is 13.5. The van der Waals surface area contributed by atoms with Gasteiger partial charge >= 0.3 is 11.8 Å². The molecule has 0 bridgehead atoms. The molecule has 0 aliphatic carbocycles. The number of methoxy groups -OCH3 is 1. The average Bonchev–Trinajstić information content (AvgIpc) is 2.61. The van der Waals surface area contributed by atoms with Crippen molar-refractivity contribution in [3.05, 3.63) is 58.1 Å². The molecule has 0 saturated heterocycles. The van der Waals surface area contributed by atoms with Gasteiger partial charge in [-0.05, 0) is 30.3 Å². The third kappa shape index (κ3) is 4.32. The molecule has 0 unspecified atom stereocenters. The van der Waals surface area contributed by atoms with Crippen LogP contribution in [0.2, 0.25) is 0 Å². The van der Waals surface area contributed by atoms with Gasteiger partial charge in [-0.3, -0.25) is 29.8 Å². The number of nitro benzene ring substituents is 1. The molecule has 0 radical (unpaired) electrons. The molecule has 0 spiro atoms. The van der Waals surface area contributed by atoms with E-state index in [0.29, 0.717) is 5.69 Å². The minimum atomic E-state index is -1.24. The number of nitrogens with one attached hydrogen (secondary N) is 2. The third-order valence-corrected chi connectivity index (χ3v) is 3.25. The number of rotatable bonds is 4. The van der Waals surface area contributed by atoms with Gasteiger partial charge in [0.2, 0.25) is 0 Å². The van der Waals surface area contributed by atoms with Crippen molar-refractivity contribution in [2.75, 3.05) is 18.2 Å². The highest BCUT2D eigenvalue weighted by Gasteiger charge is 2.20. The topological polar surface area (TPSA) is 154 Å². The van der Waals surface area contributed by atoms with E-state index in [2.05, 4.69) is 5.32 Å². The Bertz CT molecular complexity index is 879. The maximum absolute atomic E-state index is 12.0. The highest BCUT2D eigenvalue weighted by Crippen LogP contribution is 2.28. The van der Waals surface area contributed by atoms with E-state index in [1.807, 2.05) is 5.32 Å². The number of benzene rings is 2. The average molecular weight is 358 g/mol. The molecule has 10 nitrogen and oxygen atoms in total. The Morgan fingerprint density at radius 3 is 2.31 bits per heavy atom. The lowest BCUT2D eigenvalue weighted by Crippen LogP contribution is -2.39. The monoisotopic (exact) mass is 358 g/mol. The standard InChI is InChI=1S/C16H14N4O6/c1-26-13-7-6-11(20(24)25)8-12(13)18-15(22)16(23)19-14(21)9-2-4-10(17)5-3-9/h2-8H,17H2,1H3,(H,18,22)(H,19,21,23). The fourth-order valence-corrected chi connectivity index (χ4v) is 1.95. The molecule has 0 aliphatic heterocycles. The number of nitrogen functional groups attached to an aromatic ring is 1. The van der Waals surface area contributed by atoms with Gasteiger partial charge in [-0.1, -0.05) is 0 Å². The van der Waals surface area contributed by atoms with E-state index in [0.717, 1.165) is 6.07 Å². The van der Waals surface area contributed by atoms with Gasteiger partial charge in [-0.15, -0.1) is 0 Å². The number of hydrogen-bond donors (Lipinski definition) is 3. The van der Waals surface area contributed by atoms with Crippen LogP contribution >= 0.6 is 0 Å². The number of nitro groups is 1. The van der Waals surface area contributed by atoms with Crippen LogP contribution in [-0.4, -0.2) is 29.8 Å². The first-order valence-electron chi connectivity index (χ1n) is 7.16. The third-order valence-electron chi connectivity index (χ3n) is 3.25. The van der Waals surface area contributed by atoms with E-state index < -0.39 is 22.6 Å². The van der Waals surface area contributed by atoms with Crippen LogP contribution in [-0.2, 0) is 9.59 Å². The minimum Gasteiger partial charge on any atom is -0.495 e. The summed E-state index contributed by atoms with van der Waals surface area (Å²) in [6.07, 6.45) is 0.